The van der Waals surface area contributed by atoms with E-state index in [1.165, 1.54) is 7.11 Å². The quantitative estimate of drug-likeness (QED) is 0.545. The Bertz CT molecular complexity index is 139. The lowest BCUT2D eigenvalue weighted by molar-refractivity contribution is -0.146. The Kier molecular flexibility index (Phi) is 2.85. The molecule has 0 aromatic rings. The van der Waals surface area contributed by atoms with E-state index in [9.17, 15) is 9.18 Å². The molecule has 1 aliphatic carbocycles. The highest BCUT2D eigenvalue weighted by atomic mass is 19.1. The zero-order chi connectivity index (χ0) is 8.27. The molecule has 1 saturated carbocycles. The van der Waals surface area contributed by atoms with E-state index in [4.69, 9.17) is 0 Å². The van der Waals surface area contributed by atoms with Gasteiger partial charge in [0.05, 0.1) is 13.0 Å². The molecule has 0 spiro atoms. The molecular formula is C8H13FO2. The molecule has 2 nitrogen and oxygen atoms in total. The molecule has 1 aliphatic rings. The van der Waals surface area contributed by atoms with Crippen LogP contribution in [0.2, 0.25) is 0 Å². The van der Waals surface area contributed by atoms with Gasteiger partial charge in [-0.05, 0) is 25.7 Å². The van der Waals surface area contributed by atoms with Crippen molar-refractivity contribution >= 4 is 5.97 Å². The number of hydrogen-bond donors (Lipinski definition) is 0. The molecule has 0 aliphatic heterocycles. The van der Waals surface area contributed by atoms with Crippen molar-refractivity contribution in [2.45, 2.75) is 31.9 Å². The van der Waals surface area contributed by atoms with Crippen LogP contribution in [-0.2, 0) is 9.53 Å². The van der Waals surface area contributed by atoms with Crippen molar-refractivity contribution in [3.8, 4) is 0 Å². The van der Waals surface area contributed by atoms with Crippen molar-refractivity contribution in [1.82, 2.24) is 0 Å². The molecule has 0 unspecified atom stereocenters. The standard InChI is InChI=1S/C8H13FO2/c1-11-8(10)6-2-4-7(9)5-3-6/h6-7H,2-5H2,1H3. The fourth-order valence-corrected chi connectivity index (χ4v) is 1.46. The molecule has 0 bridgehead atoms. The van der Waals surface area contributed by atoms with Crippen molar-refractivity contribution < 1.29 is 13.9 Å². The summed E-state index contributed by atoms with van der Waals surface area (Å²) in [6.45, 7) is 0. The van der Waals surface area contributed by atoms with Crippen molar-refractivity contribution in [3.05, 3.63) is 0 Å². The first kappa shape index (κ1) is 8.50. The lowest BCUT2D eigenvalue weighted by Gasteiger charge is -2.21. The summed E-state index contributed by atoms with van der Waals surface area (Å²) >= 11 is 0. The molecule has 0 aromatic heterocycles. The third-order valence-corrected chi connectivity index (χ3v) is 2.19. The van der Waals surface area contributed by atoms with Gasteiger partial charge in [-0.2, -0.15) is 0 Å². The van der Waals surface area contributed by atoms with Crippen LogP contribution >= 0.6 is 0 Å². The van der Waals surface area contributed by atoms with Gasteiger partial charge >= 0.3 is 5.97 Å². The molecule has 3 heteroatoms. The van der Waals surface area contributed by atoms with Crippen LogP contribution in [0.1, 0.15) is 25.7 Å². The lowest BCUT2D eigenvalue weighted by Crippen LogP contribution is -2.23. The van der Waals surface area contributed by atoms with Crippen LogP contribution in [0.3, 0.4) is 0 Å². The zero-order valence-corrected chi connectivity index (χ0v) is 6.68. The lowest BCUT2D eigenvalue weighted by atomic mass is 9.88. The van der Waals surface area contributed by atoms with E-state index in [0.717, 1.165) is 0 Å². The SMILES string of the molecule is COC(=O)C1CCC(F)CC1. The predicted molar refractivity (Wildman–Crippen MR) is 38.9 cm³/mol. The van der Waals surface area contributed by atoms with Crippen molar-refractivity contribution in [2.75, 3.05) is 7.11 Å². The Balaban J connectivity index is 2.33. The molecule has 11 heavy (non-hydrogen) atoms. The summed E-state index contributed by atoms with van der Waals surface area (Å²) in [6.07, 6.45) is 1.62. The second-order valence-corrected chi connectivity index (χ2v) is 2.97. The number of esters is 1. The number of hydrogen-bond acceptors (Lipinski definition) is 2. The van der Waals surface area contributed by atoms with Crippen LogP contribution in [0.15, 0.2) is 0 Å². The zero-order valence-electron chi connectivity index (χ0n) is 6.68. The average molecular weight is 160 g/mol. The number of carbonyl (C=O) groups is 1. The van der Waals surface area contributed by atoms with Crippen molar-refractivity contribution in [2.24, 2.45) is 5.92 Å². The molecule has 1 rings (SSSR count). The van der Waals surface area contributed by atoms with E-state index in [-0.39, 0.29) is 11.9 Å². The summed E-state index contributed by atoms with van der Waals surface area (Å²) in [5.41, 5.74) is 0. The number of alkyl halides is 1. The Labute approximate surface area is 65.7 Å². The maximum Gasteiger partial charge on any atom is 0.308 e. The van der Waals surface area contributed by atoms with Crippen LogP contribution in [0.5, 0.6) is 0 Å². The third kappa shape index (κ3) is 2.17. The molecule has 0 radical (unpaired) electrons. The summed E-state index contributed by atoms with van der Waals surface area (Å²) in [5, 5.41) is 0. The summed E-state index contributed by atoms with van der Waals surface area (Å²) in [7, 11) is 1.38. The fourth-order valence-electron chi connectivity index (χ4n) is 1.46. The number of methoxy groups -OCH3 is 1. The number of carbonyl (C=O) groups excluding carboxylic acids is 1. The largest absolute Gasteiger partial charge is 0.469 e. The normalized spacial score (nSPS) is 31.5. The Morgan fingerprint density at radius 1 is 1.36 bits per heavy atom. The van der Waals surface area contributed by atoms with Gasteiger partial charge in [-0.25, -0.2) is 4.39 Å². The molecule has 0 N–H and O–H groups in total. The van der Waals surface area contributed by atoms with Gasteiger partial charge in [-0.3, -0.25) is 4.79 Å². The van der Waals surface area contributed by atoms with Crippen molar-refractivity contribution in [3.63, 3.8) is 0 Å². The van der Waals surface area contributed by atoms with Gasteiger partial charge in [-0.1, -0.05) is 0 Å². The van der Waals surface area contributed by atoms with Gasteiger partial charge in [0.25, 0.3) is 0 Å². The molecule has 1 fully saturated rings. The third-order valence-electron chi connectivity index (χ3n) is 2.19. The van der Waals surface area contributed by atoms with Gasteiger partial charge in [0.2, 0.25) is 0 Å². The molecule has 0 heterocycles. The fraction of sp³-hybridized carbons (Fsp3) is 0.875. The van der Waals surface area contributed by atoms with E-state index in [0.29, 0.717) is 25.7 Å². The first-order chi connectivity index (χ1) is 5.24. The summed E-state index contributed by atoms with van der Waals surface area (Å²) in [4.78, 5) is 10.9. The number of rotatable bonds is 1. The summed E-state index contributed by atoms with van der Waals surface area (Å²) in [6, 6.07) is 0. The van der Waals surface area contributed by atoms with Crippen LogP contribution in [0.4, 0.5) is 4.39 Å². The Morgan fingerprint density at radius 3 is 2.36 bits per heavy atom. The Hall–Kier alpha value is -0.600. The minimum atomic E-state index is -0.698. The minimum absolute atomic E-state index is 0.0491. The summed E-state index contributed by atoms with van der Waals surface area (Å²) < 4.78 is 17.1. The van der Waals surface area contributed by atoms with Gasteiger partial charge < -0.3 is 4.74 Å². The van der Waals surface area contributed by atoms with Crippen LogP contribution in [0.25, 0.3) is 0 Å². The van der Waals surface area contributed by atoms with E-state index in [2.05, 4.69) is 4.74 Å². The molecule has 0 atom stereocenters. The van der Waals surface area contributed by atoms with Crippen LogP contribution < -0.4 is 0 Å². The topological polar surface area (TPSA) is 26.3 Å². The van der Waals surface area contributed by atoms with Gasteiger partial charge in [-0.15, -0.1) is 0 Å². The number of ether oxygens (including phenoxy) is 1. The van der Waals surface area contributed by atoms with E-state index in [1.54, 1.807) is 0 Å². The monoisotopic (exact) mass is 160 g/mol. The molecule has 0 amide bonds. The second kappa shape index (κ2) is 3.69. The highest BCUT2D eigenvalue weighted by Gasteiger charge is 2.26. The van der Waals surface area contributed by atoms with E-state index < -0.39 is 6.17 Å². The van der Waals surface area contributed by atoms with Gasteiger partial charge in [0.15, 0.2) is 0 Å². The van der Waals surface area contributed by atoms with Gasteiger partial charge in [0, 0.05) is 0 Å². The first-order valence-electron chi connectivity index (χ1n) is 3.96. The van der Waals surface area contributed by atoms with Crippen LogP contribution in [-0.4, -0.2) is 19.3 Å². The minimum Gasteiger partial charge on any atom is -0.469 e. The van der Waals surface area contributed by atoms with E-state index >= 15 is 0 Å². The molecule has 0 aromatic carbocycles. The van der Waals surface area contributed by atoms with Crippen LogP contribution in [0, 0.1) is 5.92 Å². The molecule has 0 saturated heterocycles. The summed E-state index contributed by atoms with van der Waals surface area (Å²) in [5.74, 6) is -0.232. The second-order valence-electron chi connectivity index (χ2n) is 2.97. The maximum atomic E-state index is 12.6. The molecular weight excluding hydrogens is 147 g/mol. The van der Waals surface area contributed by atoms with E-state index in [1.807, 2.05) is 0 Å². The molecule has 64 valence electrons. The average Bonchev–Trinajstić information content (AvgIpc) is 2.05. The van der Waals surface area contributed by atoms with Gasteiger partial charge in [0.1, 0.15) is 6.17 Å². The maximum absolute atomic E-state index is 12.6. The highest BCUT2D eigenvalue weighted by Crippen LogP contribution is 2.26. The number of halogens is 1. The smallest absolute Gasteiger partial charge is 0.308 e. The van der Waals surface area contributed by atoms with Crippen molar-refractivity contribution in [1.29, 1.82) is 0 Å². The highest BCUT2D eigenvalue weighted by molar-refractivity contribution is 5.72. The predicted octanol–water partition coefficient (Wildman–Crippen LogP) is 1.69. The Morgan fingerprint density at radius 2 is 1.91 bits per heavy atom. The first-order valence-corrected chi connectivity index (χ1v) is 3.96.